The van der Waals surface area contributed by atoms with Crippen molar-refractivity contribution in [2.45, 2.75) is 45.1 Å². The van der Waals surface area contributed by atoms with Gasteiger partial charge in [-0.25, -0.2) is 0 Å². The minimum absolute atomic E-state index is 0.00729. The number of carboxylic acid groups (broad SMARTS) is 1. The van der Waals surface area contributed by atoms with Crippen LogP contribution in [0.5, 0.6) is 0 Å². The Labute approximate surface area is 230 Å². The Morgan fingerprint density at radius 1 is 1.03 bits per heavy atom. The summed E-state index contributed by atoms with van der Waals surface area (Å²) in [7, 11) is 0. The van der Waals surface area contributed by atoms with Crippen LogP contribution in [0.1, 0.15) is 35.1 Å². The van der Waals surface area contributed by atoms with Gasteiger partial charge in [-0.2, -0.15) is 18.2 Å². The number of carboxylic acids is 1. The number of hydrogen-bond acceptors (Lipinski definition) is 5. The van der Waals surface area contributed by atoms with Gasteiger partial charge in [0.05, 0.1) is 11.5 Å². The van der Waals surface area contributed by atoms with Gasteiger partial charge in [-0.1, -0.05) is 51.4 Å². The molecule has 39 heavy (non-hydrogen) atoms. The second kappa shape index (κ2) is 9.60. The molecule has 0 amide bonds. The molecule has 4 aromatic rings. The fraction of sp³-hybridized carbons (Fsp3) is 0.276. The topological polar surface area (TPSA) is 79.5 Å². The van der Waals surface area contributed by atoms with Crippen molar-refractivity contribution in [2.75, 3.05) is 0 Å². The van der Waals surface area contributed by atoms with Gasteiger partial charge in [-0.15, -0.1) is 0 Å². The summed E-state index contributed by atoms with van der Waals surface area (Å²) in [5.74, 6) is -0.261. The zero-order valence-electron chi connectivity index (χ0n) is 20.8. The second-order valence-corrected chi connectivity index (χ2v) is 11.0. The second-order valence-electron chi connectivity index (χ2n) is 10.2. The number of carbonyl (C=O) groups is 1. The van der Waals surface area contributed by atoms with E-state index < -0.39 is 17.7 Å². The van der Waals surface area contributed by atoms with Crippen LogP contribution in [0.4, 0.5) is 13.2 Å². The van der Waals surface area contributed by atoms with E-state index in [2.05, 4.69) is 31.0 Å². The average Bonchev–Trinajstić information content (AvgIpc) is 3.49. The third-order valence-corrected chi connectivity index (χ3v) is 8.34. The van der Waals surface area contributed by atoms with Crippen molar-refractivity contribution >= 4 is 21.9 Å². The molecule has 1 aromatic heterocycles. The SMILES string of the molecule is Cc1cc(-c2nc(-c3ccc4c(c3)CN([C@H]3C[C@H](C(=O)O)C3)C4)no2)ccc1-c1cccc(Br)c1C(F)(F)F. The number of aromatic nitrogens is 2. The molecule has 1 saturated carbocycles. The minimum atomic E-state index is -4.51. The maximum absolute atomic E-state index is 13.8. The number of fused-ring (bicyclic) bond motifs is 1. The maximum Gasteiger partial charge on any atom is 0.418 e. The Morgan fingerprint density at radius 3 is 2.49 bits per heavy atom. The Bertz CT molecular complexity index is 1590. The van der Waals surface area contributed by atoms with Gasteiger partial charge in [0.2, 0.25) is 5.82 Å². The standard InChI is InChI=1S/C29H23BrF3N3O3/c1-15-9-17(7-8-22(15)23-3-2-4-24(30)25(23)29(31,32)33)27-34-26(35-39-27)16-5-6-18-13-36(14-20(18)10-16)21-11-19(12-21)28(37)38/h2-10,19,21H,11-14H2,1H3,(H,37,38)/t19-,21-. The normalized spacial score (nSPS) is 19.1. The van der Waals surface area contributed by atoms with Gasteiger partial charge in [0.15, 0.2) is 0 Å². The van der Waals surface area contributed by atoms with E-state index in [1.54, 1.807) is 31.2 Å². The average molecular weight is 598 g/mol. The van der Waals surface area contributed by atoms with Gasteiger partial charge >= 0.3 is 12.1 Å². The van der Waals surface area contributed by atoms with Crippen LogP contribution in [0.15, 0.2) is 63.6 Å². The smallest absolute Gasteiger partial charge is 0.418 e. The van der Waals surface area contributed by atoms with Gasteiger partial charge < -0.3 is 9.63 Å². The van der Waals surface area contributed by atoms with Crippen molar-refractivity contribution in [3.8, 4) is 34.0 Å². The molecule has 0 atom stereocenters. The molecule has 0 saturated heterocycles. The minimum Gasteiger partial charge on any atom is -0.481 e. The Balaban J connectivity index is 1.22. The fourth-order valence-corrected chi connectivity index (χ4v) is 6.09. The van der Waals surface area contributed by atoms with Crippen molar-refractivity contribution in [3.05, 3.63) is 81.3 Å². The Hall–Kier alpha value is -3.50. The monoisotopic (exact) mass is 597 g/mol. The molecule has 2 heterocycles. The Morgan fingerprint density at radius 2 is 1.77 bits per heavy atom. The summed E-state index contributed by atoms with van der Waals surface area (Å²) < 4.78 is 46.8. The van der Waals surface area contributed by atoms with Crippen molar-refractivity contribution in [1.82, 2.24) is 15.0 Å². The predicted octanol–water partition coefficient (Wildman–Crippen LogP) is 7.34. The van der Waals surface area contributed by atoms with Crippen LogP contribution >= 0.6 is 15.9 Å². The Kier molecular flexibility index (Phi) is 6.34. The molecule has 0 bridgehead atoms. The number of aliphatic carboxylic acids is 1. The number of hydrogen-bond donors (Lipinski definition) is 1. The van der Waals surface area contributed by atoms with Crippen LogP contribution < -0.4 is 0 Å². The van der Waals surface area contributed by atoms with Crippen LogP contribution in [0.3, 0.4) is 0 Å². The molecule has 2 aliphatic rings. The van der Waals surface area contributed by atoms with Crippen LogP contribution in [0, 0.1) is 12.8 Å². The van der Waals surface area contributed by atoms with Crippen molar-refractivity contribution in [1.29, 1.82) is 0 Å². The van der Waals surface area contributed by atoms with E-state index in [4.69, 9.17) is 9.63 Å². The molecule has 6 nitrogen and oxygen atoms in total. The fourth-order valence-electron chi connectivity index (χ4n) is 5.50. The van der Waals surface area contributed by atoms with E-state index in [9.17, 15) is 18.0 Å². The molecule has 200 valence electrons. The van der Waals surface area contributed by atoms with E-state index in [0.29, 0.717) is 35.4 Å². The highest BCUT2D eigenvalue weighted by Gasteiger charge is 2.40. The number of benzene rings is 3. The van der Waals surface area contributed by atoms with Gasteiger partial charge in [0, 0.05) is 34.7 Å². The van der Waals surface area contributed by atoms with Crippen LogP contribution in [0.25, 0.3) is 34.0 Å². The summed E-state index contributed by atoms with van der Waals surface area (Å²) in [5, 5.41) is 13.3. The van der Waals surface area contributed by atoms with Crippen molar-refractivity contribution in [2.24, 2.45) is 5.92 Å². The molecule has 6 rings (SSSR count). The lowest BCUT2D eigenvalue weighted by molar-refractivity contribution is -0.147. The first-order valence-electron chi connectivity index (χ1n) is 12.5. The van der Waals surface area contributed by atoms with Crippen LogP contribution in [0.2, 0.25) is 0 Å². The first-order valence-corrected chi connectivity index (χ1v) is 13.3. The molecule has 1 N–H and O–H groups in total. The summed E-state index contributed by atoms with van der Waals surface area (Å²) in [6.07, 6.45) is -3.14. The van der Waals surface area contributed by atoms with E-state index in [0.717, 1.165) is 24.2 Å². The largest absolute Gasteiger partial charge is 0.481 e. The zero-order chi connectivity index (χ0) is 27.5. The van der Waals surface area contributed by atoms with E-state index in [1.807, 2.05) is 18.2 Å². The van der Waals surface area contributed by atoms with E-state index in [1.165, 1.54) is 17.7 Å². The molecule has 3 aromatic carbocycles. The summed E-state index contributed by atoms with van der Waals surface area (Å²) in [4.78, 5) is 18.0. The third-order valence-electron chi connectivity index (χ3n) is 7.68. The maximum atomic E-state index is 13.8. The summed E-state index contributed by atoms with van der Waals surface area (Å²) >= 11 is 3.05. The number of nitrogens with zero attached hydrogens (tertiary/aromatic N) is 3. The lowest BCUT2D eigenvalue weighted by Gasteiger charge is -2.39. The van der Waals surface area contributed by atoms with Crippen molar-refractivity contribution < 1.29 is 27.6 Å². The quantitative estimate of drug-likeness (QED) is 0.259. The molecule has 1 aliphatic heterocycles. The highest BCUT2D eigenvalue weighted by Crippen LogP contribution is 2.43. The highest BCUT2D eigenvalue weighted by molar-refractivity contribution is 9.10. The zero-order valence-corrected chi connectivity index (χ0v) is 22.4. The van der Waals surface area contributed by atoms with Crippen LogP contribution in [-0.2, 0) is 24.1 Å². The molecule has 0 spiro atoms. The first-order chi connectivity index (χ1) is 18.6. The van der Waals surface area contributed by atoms with E-state index in [-0.39, 0.29) is 27.9 Å². The number of rotatable bonds is 5. The molecular formula is C29H23BrF3N3O3. The molecular weight excluding hydrogens is 575 g/mol. The molecule has 10 heteroatoms. The molecule has 1 aliphatic carbocycles. The number of aryl methyl sites for hydroxylation is 1. The van der Waals surface area contributed by atoms with Crippen molar-refractivity contribution in [3.63, 3.8) is 0 Å². The van der Waals surface area contributed by atoms with Crippen LogP contribution in [-0.4, -0.2) is 32.2 Å². The highest BCUT2D eigenvalue weighted by atomic mass is 79.9. The molecule has 0 radical (unpaired) electrons. The lowest BCUT2D eigenvalue weighted by atomic mass is 9.79. The van der Waals surface area contributed by atoms with Gasteiger partial charge in [0.25, 0.3) is 5.89 Å². The van der Waals surface area contributed by atoms with E-state index >= 15 is 0 Å². The summed E-state index contributed by atoms with van der Waals surface area (Å²) in [6.45, 7) is 3.30. The predicted molar refractivity (Wildman–Crippen MR) is 141 cm³/mol. The summed E-state index contributed by atoms with van der Waals surface area (Å²) in [5.41, 5.74) is 4.29. The van der Waals surface area contributed by atoms with Gasteiger partial charge in [-0.3, -0.25) is 9.69 Å². The molecule has 1 fully saturated rings. The third kappa shape index (κ3) is 4.76. The first kappa shape index (κ1) is 25.8. The van der Waals surface area contributed by atoms with Gasteiger partial charge in [0.1, 0.15) is 0 Å². The van der Waals surface area contributed by atoms with Gasteiger partial charge in [-0.05, 0) is 71.8 Å². The number of alkyl halides is 3. The number of halogens is 4. The summed E-state index contributed by atoms with van der Waals surface area (Å²) in [6, 6.07) is 15.8. The lowest BCUT2D eigenvalue weighted by Crippen LogP contribution is -2.44. The molecule has 0 unspecified atom stereocenters.